The second kappa shape index (κ2) is 8.52. The average Bonchev–Trinajstić information content (AvgIpc) is 3.20. The molecule has 0 aliphatic rings. The number of benzene rings is 2. The number of rotatable bonds is 7. The molecule has 1 heterocycles. The van der Waals surface area contributed by atoms with Gasteiger partial charge in [0.05, 0.1) is 23.3 Å². The number of nitrogens with zero attached hydrogens (tertiary/aromatic N) is 2. The minimum Gasteiger partial charge on any atom is -0.348 e. The number of sulfonamides is 1. The summed E-state index contributed by atoms with van der Waals surface area (Å²) in [5, 5.41) is 7.07. The smallest absolute Gasteiger partial charge is 0.251 e. The summed E-state index contributed by atoms with van der Waals surface area (Å²) in [4.78, 5) is 12.3. The van der Waals surface area contributed by atoms with Crippen molar-refractivity contribution in [3.05, 3.63) is 78.1 Å². The topological polar surface area (TPSA) is 93.1 Å². The summed E-state index contributed by atoms with van der Waals surface area (Å²) >= 11 is 0. The molecule has 3 rings (SSSR count). The minimum atomic E-state index is -3.68. The maximum atomic E-state index is 12.3. The molecule has 0 spiro atoms. The quantitative estimate of drug-likeness (QED) is 0.597. The molecule has 142 valence electrons. The van der Waals surface area contributed by atoms with Gasteiger partial charge in [-0.2, -0.15) is 9.82 Å². The van der Waals surface area contributed by atoms with E-state index in [-0.39, 0.29) is 17.3 Å². The second-order valence-corrected chi connectivity index (χ2v) is 7.63. The predicted molar refractivity (Wildman–Crippen MR) is 105 cm³/mol. The molecular weight excluding hydrogens is 376 g/mol. The van der Waals surface area contributed by atoms with Crippen LogP contribution in [0.2, 0.25) is 0 Å². The lowest BCUT2D eigenvalue weighted by Crippen LogP contribution is -2.25. The first kappa shape index (κ1) is 19.4. The number of aromatic nitrogens is 2. The zero-order valence-corrected chi connectivity index (χ0v) is 15.7. The average molecular weight is 394 g/mol. The van der Waals surface area contributed by atoms with E-state index in [0.717, 1.165) is 11.3 Å². The summed E-state index contributed by atoms with van der Waals surface area (Å²) in [6, 6.07) is 15.3. The molecule has 0 atom stereocenters. The van der Waals surface area contributed by atoms with Crippen molar-refractivity contribution in [1.29, 1.82) is 0 Å². The van der Waals surface area contributed by atoms with Crippen LogP contribution in [-0.2, 0) is 16.6 Å². The largest absolute Gasteiger partial charge is 0.348 e. The van der Waals surface area contributed by atoms with Crippen LogP contribution in [0.3, 0.4) is 0 Å². The highest BCUT2D eigenvalue weighted by molar-refractivity contribution is 7.89. The molecule has 0 bridgehead atoms. The lowest BCUT2D eigenvalue weighted by atomic mass is 10.2. The van der Waals surface area contributed by atoms with Crippen molar-refractivity contribution < 1.29 is 13.2 Å². The number of terminal acetylenes is 1. The third kappa shape index (κ3) is 4.65. The van der Waals surface area contributed by atoms with Gasteiger partial charge in [0.2, 0.25) is 10.0 Å². The van der Waals surface area contributed by atoms with Crippen LogP contribution in [0.25, 0.3) is 5.69 Å². The van der Waals surface area contributed by atoms with E-state index >= 15 is 0 Å². The van der Waals surface area contributed by atoms with Crippen molar-refractivity contribution >= 4 is 15.9 Å². The van der Waals surface area contributed by atoms with E-state index in [4.69, 9.17) is 6.42 Å². The normalized spacial score (nSPS) is 11.0. The monoisotopic (exact) mass is 394 g/mol. The Bertz CT molecular complexity index is 1100. The molecule has 7 nitrogen and oxygen atoms in total. The van der Waals surface area contributed by atoms with Gasteiger partial charge in [-0.25, -0.2) is 13.1 Å². The van der Waals surface area contributed by atoms with E-state index in [2.05, 4.69) is 21.1 Å². The highest BCUT2D eigenvalue weighted by Gasteiger charge is 2.14. The summed E-state index contributed by atoms with van der Waals surface area (Å²) in [5.74, 6) is 1.89. The number of amides is 1. The fraction of sp³-hybridized carbons (Fsp3) is 0.100. The zero-order valence-electron chi connectivity index (χ0n) is 14.9. The molecular formula is C20H18N4O3S. The Balaban J connectivity index is 1.61. The lowest BCUT2D eigenvalue weighted by molar-refractivity contribution is 0.0951. The van der Waals surface area contributed by atoms with Crippen molar-refractivity contribution in [3.8, 4) is 18.0 Å². The molecule has 1 aromatic heterocycles. The molecule has 0 unspecified atom stereocenters. The van der Waals surface area contributed by atoms with Gasteiger partial charge in [-0.3, -0.25) is 4.79 Å². The van der Waals surface area contributed by atoms with Crippen LogP contribution in [0.1, 0.15) is 15.9 Å². The van der Waals surface area contributed by atoms with Crippen LogP contribution in [-0.4, -0.2) is 30.7 Å². The molecule has 0 radical (unpaired) electrons. The molecule has 0 aliphatic heterocycles. The first-order valence-electron chi connectivity index (χ1n) is 8.40. The number of para-hydroxylation sites is 1. The highest BCUT2D eigenvalue weighted by atomic mass is 32.2. The van der Waals surface area contributed by atoms with Crippen molar-refractivity contribution in [2.75, 3.05) is 6.54 Å². The van der Waals surface area contributed by atoms with E-state index in [1.807, 2.05) is 36.5 Å². The van der Waals surface area contributed by atoms with Crippen molar-refractivity contribution in [3.63, 3.8) is 0 Å². The van der Waals surface area contributed by atoms with Gasteiger partial charge < -0.3 is 5.32 Å². The second-order valence-electron chi connectivity index (χ2n) is 5.86. The number of nitrogens with one attached hydrogen (secondary N) is 2. The number of carbonyl (C=O) groups is 1. The van der Waals surface area contributed by atoms with Gasteiger partial charge in [0.1, 0.15) is 0 Å². The molecule has 3 aromatic rings. The van der Waals surface area contributed by atoms with Gasteiger partial charge >= 0.3 is 0 Å². The molecule has 2 N–H and O–H groups in total. The van der Waals surface area contributed by atoms with E-state index in [0.29, 0.717) is 12.1 Å². The van der Waals surface area contributed by atoms with E-state index in [9.17, 15) is 13.2 Å². The Labute approximate surface area is 163 Å². The molecule has 0 fully saturated rings. The summed E-state index contributed by atoms with van der Waals surface area (Å²) in [6.45, 7) is 0.205. The van der Waals surface area contributed by atoms with Gasteiger partial charge in [0.25, 0.3) is 5.91 Å². The zero-order chi connectivity index (χ0) is 20.0. The molecule has 28 heavy (non-hydrogen) atoms. The molecule has 0 saturated heterocycles. The Morgan fingerprint density at radius 3 is 2.50 bits per heavy atom. The third-order valence-corrected chi connectivity index (χ3v) is 5.32. The Morgan fingerprint density at radius 1 is 1.11 bits per heavy atom. The number of hydrogen-bond acceptors (Lipinski definition) is 4. The van der Waals surface area contributed by atoms with Gasteiger partial charge in [-0.05, 0) is 36.4 Å². The van der Waals surface area contributed by atoms with E-state index < -0.39 is 10.0 Å². The van der Waals surface area contributed by atoms with Gasteiger partial charge in [0.15, 0.2) is 0 Å². The van der Waals surface area contributed by atoms with Crippen molar-refractivity contribution in [2.24, 2.45) is 0 Å². The molecule has 8 heteroatoms. The first-order valence-corrected chi connectivity index (χ1v) is 9.88. The number of hydrogen-bond donors (Lipinski definition) is 2. The summed E-state index contributed by atoms with van der Waals surface area (Å²) in [7, 11) is -3.68. The Kier molecular flexibility index (Phi) is 5.89. The summed E-state index contributed by atoms with van der Waals surface area (Å²) < 4.78 is 28.0. The molecule has 0 saturated carbocycles. The fourth-order valence-electron chi connectivity index (χ4n) is 2.46. The van der Waals surface area contributed by atoms with Crippen LogP contribution in [0.4, 0.5) is 0 Å². The van der Waals surface area contributed by atoms with Gasteiger partial charge in [-0.1, -0.05) is 24.1 Å². The molecule has 0 aliphatic carbocycles. The van der Waals surface area contributed by atoms with Gasteiger partial charge in [-0.15, -0.1) is 6.42 Å². The highest BCUT2D eigenvalue weighted by Crippen LogP contribution is 2.11. The van der Waals surface area contributed by atoms with Crippen LogP contribution in [0.15, 0.2) is 71.9 Å². The Hall–Kier alpha value is -3.41. The molecule has 1 amide bonds. The maximum Gasteiger partial charge on any atom is 0.251 e. The third-order valence-electron chi connectivity index (χ3n) is 3.90. The van der Waals surface area contributed by atoms with E-state index in [1.165, 1.54) is 24.3 Å². The summed E-state index contributed by atoms with van der Waals surface area (Å²) in [5.41, 5.74) is 2.12. The van der Waals surface area contributed by atoms with E-state index in [1.54, 1.807) is 10.9 Å². The standard InChI is InChI=1S/C20H18N4O3S/c1-2-12-23-28(26,27)19-10-8-17(9-11-19)20(25)21-13-16-14-22-24(15-16)18-6-4-3-5-7-18/h1,3-11,14-15,23H,12-13H2,(H,21,25). The van der Waals surface area contributed by atoms with Crippen LogP contribution in [0, 0.1) is 12.3 Å². The molecule has 2 aromatic carbocycles. The lowest BCUT2D eigenvalue weighted by Gasteiger charge is -2.06. The summed E-state index contributed by atoms with van der Waals surface area (Å²) in [6.07, 6.45) is 8.57. The first-order chi connectivity index (χ1) is 13.5. The SMILES string of the molecule is C#CCNS(=O)(=O)c1ccc(C(=O)NCc2cnn(-c3ccccc3)c2)cc1. The van der Waals surface area contributed by atoms with Crippen LogP contribution in [0.5, 0.6) is 0 Å². The van der Waals surface area contributed by atoms with Crippen molar-refractivity contribution in [2.45, 2.75) is 11.4 Å². The van der Waals surface area contributed by atoms with Crippen LogP contribution < -0.4 is 10.0 Å². The maximum absolute atomic E-state index is 12.3. The van der Waals surface area contributed by atoms with Crippen molar-refractivity contribution in [1.82, 2.24) is 19.8 Å². The minimum absolute atomic E-state index is 0.0448. The predicted octanol–water partition coefficient (Wildman–Crippen LogP) is 1.71. The number of carbonyl (C=O) groups excluding carboxylic acids is 1. The van der Waals surface area contributed by atoms with Gasteiger partial charge in [0, 0.05) is 23.9 Å². The van der Waals surface area contributed by atoms with Crippen LogP contribution >= 0.6 is 0 Å². The Morgan fingerprint density at radius 2 is 1.82 bits per heavy atom. The fourth-order valence-corrected chi connectivity index (χ4v) is 3.40.